The maximum absolute atomic E-state index is 12.6. The Morgan fingerprint density at radius 2 is 1.89 bits per heavy atom. The second-order valence-corrected chi connectivity index (χ2v) is 7.55. The molecule has 1 aromatic carbocycles. The number of likely N-dealkylation sites (N-methyl/N-ethyl adjacent to an activating group) is 1. The van der Waals surface area contributed by atoms with Crippen LogP contribution in [0.3, 0.4) is 0 Å². The lowest BCUT2D eigenvalue weighted by Crippen LogP contribution is -2.27. The van der Waals surface area contributed by atoms with E-state index in [0.29, 0.717) is 15.8 Å². The summed E-state index contributed by atoms with van der Waals surface area (Å²) >= 11 is 6.65. The molecule has 0 spiro atoms. The number of carbonyl (C=O) groups is 1. The molecule has 1 aliphatic heterocycles. The van der Waals surface area contributed by atoms with Crippen molar-refractivity contribution in [2.45, 2.75) is 6.92 Å². The minimum atomic E-state index is -0.0550. The van der Waals surface area contributed by atoms with Gasteiger partial charge in [0.2, 0.25) is 0 Å². The molecule has 4 rings (SSSR count). The van der Waals surface area contributed by atoms with Crippen LogP contribution in [-0.2, 0) is 4.79 Å². The summed E-state index contributed by atoms with van der Waals surface area (Å²) < 4.78 is 2.41. The number of hydrogen-bond acceptors (Lipinski definition) is 5. The summed E-state index contributed by atoms with van der Waals surface area (Å²) in [6, 6.07) is 13.7. The minimum absolute atomic E-state index is 0.0550. The smallest absolute Gasteiger partial charge is 0.266 e. The Hall–Kier alpha value is -2.77. The van der Waals surface area contributed by atoms with Gasteiger partial charge < -0.3 is 0 Å². The fourth-order valence-corrected chi connectivity index (χ4v) is 4.23. The van der Waals surface area contributed by atoms with E-state index < -0.39 is 0 Å². The zero-order valence-corrected chi connectivity index (χ0v) is 16.2. The van der Waals surface area contributed by atoms with E-state index in [1.54, 1.807) is 17.3 Å². The number of amides is 1. The lowest BCUT2D eigenvalue weighted by Gasteiger charge is -2.09. The zero-order valence-electron chi connectivity index (χ0n) is 14.6. The van der Waals surface area contributed by atoms with E-state index in [1.165, 1.54) is 11.8 Å². The standard InChI is InChI=1S/C20H16N4OS2/c1-2-23-19(25)17(27-20(23)26)12-15-13-24(16-6-4-3-5-7-16)22-18(15)14-8-10-21-11-9-14/h3-13H,2H2,1H3/b17-12-. The van der Waals surface area contributed by atoms with Gasteiger partial charge >= 0.3 is 0 Å². The quantitative estimate of drug-likeness (QED) is 0.493. The van der Waals surface area contributed by atoms with E-state index in [0.717, 1.165) is 22.5 Å². The molecule has 5 nitrogen and oxygen atoms in total. The van der Waals surface area contributed by atoms with Crippen molar-refractivity contribution in [1.29, 1.82) is 0 Å². The van der Waals surface area contributed by atoms with Gasteiger partial charge in [-0.1, -0.05) is 42.2 Å². The number of pyridine rings is 1. The van der Waals surface area contributed by atoms with Crippen LogP contribution in [-0.4, -0.2) is 36.4 Å². The maximum atomic E-state index is 12.6. The van der Waals surface area contributed by atoms with Gasteiger partial charge in [0.25, 0.3) is 5.91 Å². The molecule has 1 saturated heterocycles. The predicted octanol–water partition coefficient (Wildman–Crippen LogP) is 4.16. The van der Waals surface area contributed by atoms with Gasteiger partial charge in [-0.15, -0.1) is 0 Å². The number of nitrogens with zero attached hydrogens (tertiary/aromatic N) is 4. The first-order chi connectivity index (χ1) is 13.2. The van der Waals surface area contributed by atoms with Crippen LogP contribution < -0.4 is 0 Å². The zero-order chi connectivity index (χ0) is 18.8. The summed E-state index contributed by atoms with van der Waals surface area (Å²) in [4.78, 5) is 18.9. The number of para-hydroxylation sites is 1. The van der Waals surface area contributed by atoms with E-state index >= 15 is 0 Å². The number of thiocarbonyl (C=S) groups is 1. The van der Waals surface area contributed by atoms with Crippen molar-refractivity contribution in [1.82, 2.24) is 19.7 Å². The van der Waals surface area contributed by atoms with Gasteiger partial charge in [-0.2, -0.15) is 5.10 Å². The number of carbonyl (C=O) groups excluding carboxylic acids is 1. The van der Waals surface area contributed by atoms with Crippen molar-refractivity contribution in [2.24, 2.45) is 0 Å². The molecule has 2 aromatic heterocycles. The summed E-state index contributed by atoms with van der Waals surface area (Å²) in [6.45, 7) is 2.49. The summed E-state index contributed by atoms with van der Waals surface area (Å²) in [5.74, 6) is -0.0550. The summed E-state index contributed by atoms with van der Waals surface area (Å²) in [6.07, 6.45) is 7.27. The van der Waals surface area contributed by atoms with Crippen LogP contribution in [0.2, 0.25) is 0 Å². The lowest BCUT2D eigenvalue weighted by atomic mass is 10.1. The Morgan fingerprint density at radius 3 is 2.56 bits per heavy atom. The molecule has 0 radical (unpaired) electrons. The molecule has 0 aliphatic carbocycles. The van der Waals surface area contributed by atoms with Crippen molar-refractivity contribution < 1.29 is 4.79 Å². The Balaban J connectivity index is 1.82. The normalized spacial score (nSPS) is 15.7. The summed E-state index contributed by atoms with van der Waals surface area (Å²) in [5, 5.41) is 4.75. The van der Waals surface area contributed by atoms with Gasteiger partial charge in [-0.3, -0.25) is 14.7 Å². The number of thioether (sulfide) groups is 1. The highest BCUT2D eigenvalue weighted by Crippen LogP contribution is 2.34. The van der Waals surface area contributed by atoms with Crippen molar-refractivity contribution in [3.8, 4) is 16.9 Å². The first-order valence-electron chi connectivity index (χ1n) is 8.48. The van der Waals surface area contributed by atoms with Gasteiger partial charge in [0, 0.05) is 36.3 Å². The van der Waals surface area contributed by atoms with Gasteiger partial charge in [-0.25, -0.2) is 4.68 Å². The third kappa shape index (κ3) is 3.43. The predicted molar refractivity (Wildman–Crippen MR) is 112 cm³/mol. The molecule has 0 saturated carbocycles. The lowest BCUT2D eigenvalue weighted by molar-refractivity contribution is -0.121. The van der Waals surface area contributed by atoms with Gasteiger partial charge in [-0.05, 0) is 37.3 Å². The Morgan fingerprint density at radius 1 is 1.15 bits per heavy atom. The van der Waals surface area contributed by atoms with Gasteiger partial charge in [0.05, 0.1) is 10.6 Å². The SMILES string of the molecule is CCN1C(=O)/C(=C/c2cn(-c3ccccc3)nc2-c2ccncc2)SC1=S. The molecule has 27 heavy (non-hydrogen) atoms. The molecule has 1 aliphatic rings. The number of rotatable bonds is 4. The number of aromatic nitrogens is 3. The fraction of sp³-hybridized carbons (Fsp3) is 0.100. The van der Waals surface area contributed by atoms with Crippen molar-refractivity contribution in [3.05, 3.63) is 71.5 Å². The molecule has 7 heteroatoms. The van der Waals surface area contributed by atoms with E-state index in [9.17, 15) is 4.79 Å². The molecule has 134 valence electrons. The molecule has 1 amide bonds. The van der Waals surface area contributed by atoms with Crippen LogP contribution in [0, 0.1) is 0 Å². The van der Waals surface area contributed by atoms with Crippen LogP contribution >= 0.6 is 24.0 Å². The molecule has 3 heterocycles. The van der Waals surface area contributed by atoms with Crippen LogP contribution in [0.5, 0.6) is 0 Å². The maximum Gasteiger partial charge on any atom is 0.266 e. The van der Waals surface area contributed by atoms with E-state index in [4.69, 9.17) is 17.3 Å². The van der Waals surface area contributed by atoms with Crippen LogP contribution in [0.4, 0.5) is 0 Å². The molecule has 0 atom stereocenters. The first-order valence-corrected chi connectivity index (χ1v) is 9.70. The molecule has 0 N–H and O–H groups in total. The topological polar surface area (TPSA) is 51.0 Å². The van der Waals surface area contributed by atoms with E-state index in [-0.39, 0.29) is 5.91 Å². The largest absolute Gasteiger partial charge is 0.293 e. The highest BCUT2D eigenvalue weighted by molar-refractivity contribution is 8.26. The fourth-order valence-electron chi connectivity index (χ4n) is 2.85. The second-order valence-electron chi connectivity index (χ2n) is 5.88. The Bertz CT molecular complexity index is 1030. The average Bonchev–Trinajstić information content (AvgIpc) is 3.24. The first kappa shape index (κ1) is 17.6. The van der Waals surface area contributed by atoms with Crippen LogP contribution in [0.15, 0.2) is 66.0 Å². The number of benzene rings is 1. The van der Waals surface area contributed by atoms with Gasteiger partial charge in [0.1, 0.15) is 10.0 Å². The molecule has 0 bridgehead atoms. The van der Waals surface area contributed by atoms with Crippen molar-refractivity contribution in [2.75, 3.05) is 6.54 Å². The van der Waals surface area contributed by atoms with Crippen molar-refractivity contribution in [3.63, 3.8) is 0 Å². The third-order valence-corrected chi connectivity index (χ3v) is 5.57. The summed E-state index contributed by atoms with van der Waals surface area (Å²) in [7, 11) is 0. The summed E-state index contributed by atoms with van der Waals surface area (Å²) in [5.41, 5.74) is 3.55. The van der Waals surface area contributed by atoms with Crippen LogP contribution in [0.1, 0.15) is 12.5 Å². The highest BCUT2D eigenvalue weighted by Gasteiger charge is 2.31. The Labute approximate surface area is 166 Å². The van der Waals surface area contributed by atoms with Crippen LogP contribution in [0.25, 0.3) is 23.0 Å². The highest BCUT2D eigenvalue weighted by atomic mass is 32.2. The van der Waals surface area contributed by atoms with E-state index in [1.807, 2.05) is 66.3 Å². The molecule has 1 fully saturated rings. The minimum Gasteiger partial charge on any atom is -0.293 e. The monoisotopic (exact) mass is 392 g/mol. The molecule has 0 unspecified atom stereocenters. The van der Waals surface area contributed by atoms with Gasteiger partial charge in [0.15, 0.2) is 0 Å². The molecular formula is C20H16N4OS2. The molecular weight excluding hydrogens is 376 g/mol. The second kappa shape index (κ2) is 7.46. The average molecular weight is 393 g/mol. The number of hydrogen-bond donors (Lipinski definition) is 0. The molecule has 3 aromatic rings. The van der Waals surface area contributed by atoms with Crippen molar-refractivity contribution >= 4 is 40.3 Å². The third-order valence-electron chi connectivity index (χ3n) is 4.19. The Kier molecular flexibility index (Phi) is 4.87. The van der Waals surface area contributed by atoms with E-state index in [2.05, 4.69) is 4.98 Å².